The van der Waals surface area contributed by atoms with Gasteiger partial charge in [-0.1, -0.05) is 48.2 Å². The minimum Gasteiger partial charge on any atom is -0.321 e. The topological polar surface area (TPSA) is 73.2 Å². The van der Waals surface area contributed by atoms with E-state index in [1.807, 2.05) is 39.0 Å². The zero-order valence-electron chi connectivity index (χ0n) is 20.9. The van der Waals surface area contributed by atoms with Crippen molar-refractivity contribution in [1.82, 2.24) is 0 Å². The highest BCUT2D eigenvalue weighted by atomic mass is 32.2. The normalized spacial score (nSPS) is 16.8. The number of amides is 2. The zero-order valence-corrected chi connectivity index (χ0v) is 21.7. The van der Waals surface area contributed by atoms with Gasteiger partial charge in [0, 0.05) is 11.4 Å². The summed E-state index contributed by atoms with van der Waals surface area (Å²) in [6, 6.07) is 19.2. The Morgan fingerprint density at radius 1 is 1.03 bits per heavy atom. The van der Waals surface area contributed by atoms with Crippen LogP contribution in [-0.4, -0.2) is 17.1 Å². The first-order valence-electron chi connectivity index (χ1n) is 11.7. The Morgan fingerprint density at radius 2 is 1.76 bits per heavy atom. The van der Waals surface area contributed by atoms with Crippen molar-refractivity contribution < 1.29 is 22.8 Å². The van der Waals surface area contributed by atoms with Crippen molar-refractivity contribution in [1.29, 1.82) is 5.26 Å². The zero-order chi connectivity index (χ0) is 27.6. The number of anilines is 2. The number of aryl methyl sites for hydroxylation is 3. The number of hydrogen-bond acceptors (Lipinski definition) is 4. The third-order valence-corrected chi connectivity index (χ3v) is 7.47. The highest BCUT2D eigenvalue weighted by Crippen LogP contribution is 2.43. The Balaban J connectivity index is 1.75. The summed E-state index contributed by atoms with van der Waals surface area (Å²) >= 11 is 1.01. The molecule has 0 radical (unpaired) electrons. The monoisotopic (exact) mass is 535 g/mol. The first kappa shape index (κ1) is 27.0. The molecule has 9 heteroatoms. The second kappa shape index (κ2) is 10.8. The lowest BCUT2D eigenvalue weighted by atomic mass is 10.0. The van der Waals surface area contributed by atoms with Crippen LogP contribution < -0.4 is 10.2 Å². The molecule has 194 valence electrons. The number of carbonyl (C=O) groups excluding carboxylic acids is 2. The van der Waals surface area contributed by atoms with Crippen molar-refractivity contribution in [2.75, 3.05) is 10.2 Å². The summed E-state index contributed by atoms with van der Waals surface area (Å²) < 4.78 is 39.8. The van der Waals surface area contributed by atoms with Gasteiger partial charge in [0.05, 0.1) is 10.8 Å². The molecule has 38 heavy (non-hydrogen) atoms. The van der Waals surface area contributed by atoms with E-state index in [1.165, 1.54) is 17.0 Å². The van der Waals surface area contributed by atoms with E-state index in [-0.39, 0.29) is 17.0 Å². The van der Waals surface area contributed by atoms with E-state index in [9.17, 15) is 28.0 Å². The van der Waals surface area contributed by atoms with E-state index in [4.69, 9.17) is 0 Å². The van der Waals surface area contributed by atoms with Gasteiger partial charge in [-0.2, -0.15) is 18.4 Å². The number of halogens is 3. The Morgan fingerprint density at radius 3 is 2.42 bits per heavy atom. The van der Waals surface area contributed by atoms with Gasteiger partial charge >= 0.3 is 6.18 Å². The van der Waals surface area contributed by atoms with E-state index in [1.54, 1.807) is 30.3 Å². The van der Waals surface area contributed by atoms with Crippen LogP contribution in [0.1, 0.15) is 27.8 Å². The molecule has 3 aromatic carbocycles. The Labute approximate surface area is 223 Å². The highest BCUT2D eigenvalue weighted by molar-refractivity contribution is 8.05. The molecule has 0 aliphatic carbocycles. The van der Waals surface area contributed by atoms with Gasteiger partial charge in [-0.15, -0.1) is 0 Å². The quantitative estimate of drug-likeness (QED) is 0.292. The molecule has 1 N–H and O–H groups in total. The van der Waals surface area contributed by atoms with E-state index < -0.39 is 28.8 Å². The third-order valence-electron chi connectivity index (χ3n) is 6.21. The Kier molecular flexibility index (Phi) is 7.65. The van der Waals surface area contributed by atoms with Gasteiger partial charge < -0.3 is 5.32 Å². The van der Waals surface area contributed by atoms with Crippen LogP contribution in [0.25, 0.3) is 0 Å². The number of nitrogens with one attached hydrogen (secondary N) is 1. The summed E-state index contributed by atoms with van der Waals surface area (Å²) in [7, 11) is 0. The summed E-state index contributed by atoms with van der Waals surface area (Å²) in [6.07, 6.45) is -4.52. The molecule has 1 heterocycles. The fourth-order valence-corrected chi connectivity index (χ4v) is 5.40. The SMILES string of the molecule is Cc1cccc(NC(=O)/C(C#N)=C2\SC(Cc3cccc(C(F)(F)F)c3)C(=O)N2c2ccc(C)c(C)c2)c1. The largest absolute Gasteiger partial charge is 0.416 e. The Hall–Kier alpha value is -4.03. The maximum Gasteiger partial charge on any atom is 0.416 e. The lowest BCUT2D eigenvalue weighted by Crippen LogP contribution is -2.31. The van der Waals surface area contributed by atoms with Crippen LogP contribution in [-0.2, 0) is 22.2 Å². The van der Waals surface area contributed by atoms with Crippen molar-refractivity contribution in [3.8, 4) is 6.07 Å². The average Bonchev–Trinajstić information content (AvgIpc) is 3.16. The van der Waals surface area contributed by atoms with Crippen LogP contribution in [0.15, 0.2) is 77.3 Å². The van der Waals surface area contributed by atoms with Crippen LogP contribution in [0.2, 0.25) is 0 Å². The lowest BCUT2D eigenvalue weighted by molar-refractivity contribution is -0.137. The molecule has 5 nitrogen and oxygen atoms in total. The van der Waals surface area contributed by atoms with Gasteiger partial charge in [0.2, 0.25) is 5.91 Å². The van der Waals surface area contributed by atoms with Gasteiger partial charge in [0.1, 0.15) is 16.7 Å². The number of nitriles is 1. The third kappa shape index (κ3) is 5.76. The van der Waals surface area contributed by atoms with Crippen molar-refractivity contribution >= 4 is 35.0 Å². The molecule has 1 saturated heterocycles. The molecule has 1 aliphatic rings. The minimum absolute atomic E-state index is 0.00350. The smallest absolute Gasteiger partial charge is 0.321 e. The predicted octanol–water partition coefficient (Wildman–Crippen LogP) is 6.70. The van der Waals surface area contributed by atoms with Crippen molar-refractivity contribution in [2.24, 2.45) is 0 Å². The molecule has 0 aromatic heterocycles. The van der Waals surface area contributed by atoms with Crippen molar-refractivity contribution in [3.05, 3.63) is 105 Å². The molecule has 2 amide bonds. The summed E-state index contributed by atoms with van der Waals surface area (Å²) in [5.74, 6) is -1.09. The molecule has 0 spiro atoms. The van der Waals surface area contributed by atoms with Gasteiger partial charge in [-0.3, -0.25) is 14.5 Å². The van der Waals surface area contributed by atoms with Gasteiger partial charge in [-0.25, -0.2) is 0 Å². The number of benzene rings is 3. The highest BCUT2D eigenvalue weighted by Gasteiger charge is 2.41. The lowest BCUT2D eigenvalue weighted by Gasteiger charge is -2.20. The van der Waals surface area contributed by atoms with Crippen LogP contribution in [0.5, 0.6) is 0 Å². The first-order chi connectivity index (χ1) is 18.0. The molecule has 0 saturated carbocycles. The molecule has 1 aliphatic heterocycles. The van der Waals surface area contributed by atoms with Gasteiger partial charge in [-0.05, 0) is 79.8 Å². The number of thioether (sulfide) groups is 1. The maximum atomic E-state index is 13.7. The maximum absolute atomic E-state index is 13.7. The van der Waals surface area contributed by atoms with E-state index in [0.717, 1.165) is 40.6 Å². The molecular formula is C29H24F3N3O2S. The number of hydrogen-bond donors (Lipinski definition) is 1. The molecule has 0 bridgehead atoms. The van der Waals surface area contributed by atoms with Crippen LogP contribution in [0.3, 0.4) is 0 Å². The Bertz CT molecular complexity index is 1490. The van der Waals surface area contributed by atoms with E-state index >= 15 is 0 Å². The number of rotatable bonds is 5. The summed E-state index contributed by atoms with van der Waals surface area (Å²) in [4.78, 5) is 28.2. The van der Waals surface area contributed by atoms with Gasteiger partial charge in [0.25, 0.3) is 5.91 Å². The van der Waals surface area contributed by atoms with Gasteiger partial charge in [0.15, 0.2) is 0 Å². The predicted molar refractivity (Wildman–Crippen MR) is 142 cm³/mol. The number of carbonyl (C=O) groups is 2. The number of nitrogens with zero attached hydrogens (tertiary/aromatic N) is 2. The van der Waals surface area contributed by atoms with E-state index in [2.05, 4.69) is 5.32 Å². The summed E-state index contributed by atoms with van der Waals surface area (Å²) in [6.45, 7) is 5.67. The summed E-state index contributed by atoms with van der Waals surface area (Å²) in [5.41, 5.74) is 3.06. The van der Waals surface area contributed by atoms with Crippen LogP contribution in [0, 0.1) is 32.1 Å². The van der Waals surface area contributed by atoms with Crippen LogP contribution >= 0.6 is 11.8 Å². The van der Waals surface area contributed by atoms with Crippen LogP contribution in [0.4, 0.5) is 24.5 Å². The van der Waals surface area contributed by atoms with Crippen molar-refractivity contribution in [2.45, 2.75) is 38.6 Å². The molecule has 1 fully saturated rings. The fraction of sp³-hybridized carbons (Fsp3) is 0.207. The molecule has 4 rings (SSSR count). The van der Waals surface area contributed by atoms with Crippen molar-refractivity contribution in [3.63, 3.8) is 0 Å². The molecule has 1 unspecified atom stereocenters. The molecule has 1 atom stereocenters. The molecular weight excluding hydrogens is 511 g/mol. The second-order valence-electron chi connectivity index (χ2n) is 9.07. The standard InChI is InChI=1S/C29H24F3N3O2S/c1-17-6-4-9-22(12-17)34-26(36)24(16-33)28-35(23-11-10-18(2)19(3)13-23)27(37)25(38-28)15-20-7-5-8-21(14-20)29(30,31)32/h4-14,25H,15H2,1-3H3,(H,34,36)/b28-24-. The number of alkyl halides is 3. The molecule has 3 aromatic rings. The first-order valence-corrected chi connectivity index (χ1v) is 12.6. The summed E-state index contributed by atoms with van der Waals surface area (Å²) in [5, 5.41) is 12.0. The average molecular weight is 536 g/mol. The minimum atomic E-state index is -4.51. The fourth-order valence-electron chi connectivity index (χ4n) is 4.09. The van der Waals surface area contributed by atoms with E-state index in [0.29, 0.717) is 16.9 Å². The second-order valence-corrected chi connectivity index (χ2v) is 10.3.